The van der Waals surface area contributed by atoms with Crippen molar-refractivity contribution in [3.63, 3.8) is 0 Å². The van der Waals surface area contributed by atoms with E-state index in [0.717, 1.165) is 5.56 Å². The second kappa shape index (κ2) is 8.88. The summed E-state index contributed by atoms with van der Waals surface area (Å²) in [7, 11) is -3.78. The lowest BCUT2D eigenvalue weighted by Gasteiger charge is -2.34. The molecule has 1 aliphatic rings. The van der Waals surface area contributed by atoms with Crippen molar-refractivity contribution in [2.24, 2.45) is 5.73 Å². The monoisotopic (exact) mass is 458 g/mol. The molecule has 0 amide bonds. The molecule has 31 heavy (non-hydrogen) atoms. The highest BCUT2D eigenvalue weighted by Gasteiger charge is 2.30. The molecule has 3 aromatic rings. The maximum Gasteiger partial charge on any atom is 0.261 e. The van der Waals surface area contributed by atoms with Crippen LogP contribution in [0.25, 0.3) is 0 Å². The lowest BCUT2D eigenvalue weighted by Crippen LogP contribution is -2.42. The summed E-state index contributed by atoms with van der Waals surface area (Å²) in [4.78, 5) is 0.123. The molecule has 0 radical (unpaired) electrons. The Bertz CT molecular complexity index is 1160. The molecule has 8 heteroatoms. The van der Waals surface area contributed by atoms with E-state index in [1.165, 1.54) is 12.1 Å². The molecule has 1 fully saturated rings. The van der Waals surface area contributed by atoms with Crippen LogP contribution in [0.5, 0.6) is 11.5 Å². The van der Waals surface area contributed by atoms with Crippen LogP contribution < -0.4 is 15.2 Å². The van der Waals surface area contributed by atoms with E-state index >= 15 is 0 Å². The molecule has 1 saturated heterocycles. The number of anilines is 1. The summed E-state index contributed by atoms with van der Waals surface area (Å²) >= 11 is 6.10. The minimum atomic E-state index is -3.78. The molecular formula is C23H23ClN2O4S. The Labute approximate surface area is 187 Å². The third-order valence-corrected chi connectivity index (χ3v) is 6.98. The number of ether oxygens (including phenoxy) is 2. The van der Waals surface area contributed by atoms with Gasteiger partial charge in [0, 0.05) is 24.4 Å². The molecule has 1 aliphatic heterocycles. The molecular weight excluding hydrogens is 436 g/mol. The topological polar surface area (TPSA) is 90.7 Å². The molecule has 4 rings (SSSR count). The molecule has 0 aliphatic carbocycles. The number of para-hydroxylation sites is 1. The van der Waals surface area contributed by atoms with E-state index < -0.39 is 15.6 Å². The fraction of sp³-hybridized carbons (Fsp3) is 0.217. The number of sulfonamides is 1. The maximum atomic E-state index is 12.9. The predicted molar refractivity (Wildman–Crippen MR) is 121 cm³/mol. The van der Waals surface area contributed by atoms with E-state index in [9.17, 15) is 8.42 Å². The summed E-state index contributed by atoms with van der Waals surface area (Å²) in [5, 5.41) is 0.475. The number of hydrogen-bond donors (Lipinski definition) is 2. The van der Waals surface area contributed by atoms with Gasteiger partial charge in [0.05, 0.1) is 9.92 Å². The second-order valence-electron chi connectivity index (χ2n) is 7.46. The molecule has 6 nitrogen and oxygen atoms in total. The van der Waals surface area contributed by atoms with Gasteiger partial charge in [-0.05, 0) is 66.9 Å². The van der Waals surface area contributed by atoms with Gasteiger partial charge in [-0.2, -0.15) is 0 Å². The highest BCUT2D eigenvalue weighted by Crippen LogP contribution is 2.32. The number of benzene rings is 3. The Hall–Kier alpha value is -2.58. The normalized spacial score (nSPS) is 15.9. The molecule has 0 spiro atoms. The van der Waals surface area contributed by atoms with Crippen molar-refractivity contribution < 1.29 is 17.9 Å². The van der Waals surface area contributed by atoms with E-state index in [0.29, 0.717) is 48.3 Å². The van der Waals surface area contributed by atoms with Crippen LogP contribution in [0.3, 0.4) is 0 Å². The van der Waals surface area contributed by atoms with Gasteiger partial charge in [0.15, 0.2) is 0 Å². The smallest absolute Gasteiger partial charge is 0.261 e. The summed E-state index contributed by atoms with van der Waals surface area (Å²) in [5.41, 5.74) is 7.37. The number of rotatable bonds is 6. The van der Waals surface area contributed by atoms with Crippen LogP contribution in [0.4, 0.5) is 5.69 Å². The van der Waals surface area contributed by atoms with Gasteiger partial charge >= 0.3 is 0 Å². The minimum Gasteiger partial charge on any atom is -0.456 e. The van der Waals surface area contributed by atoms with E-state index in [-0.39, 0.29) is 4.90 Å². The van der Waals surface area contributed by atoms with Gasteiger partial charge < -0.3 is 15.2 Å². The quantitative estimate of drug-likeness (QED) is 0.548. The van der Waals surface area contributed by atoms with Crippen LogP contribution in [0, 0.1) is 0 Å². The molecule has 0 unspecified atom stereocenters. The van der Waals surface area contributed by atoms with Crippen molar-refractivity contribution in [3.05, 3.63) is 83.4 Å². The molecule has 0 atom stereocenters. The highest BCUT2D eigenvalue weighted by molar-refractivity contribution is 7.92. The summed E-state index contributed by atoms with van der Waals surface area (Å²) in [6.07, 6.45) is 1.38. The zero-order chi connectivity index (χ0) is 21.9. The molecule has 3 aromatic carbocycles. The zero-order valence-corrected chi connectivity index (χ0v) is 18.3. The van der Waals surface area contributed by atoms with Crippen LogP contribution in [-0.4, -0.2) is 21.6 Å². The van der Waals surface area contributed by atoms with Gasteiger partial charge in [0.25, 0.3) is 10.0 Å². The molecule has 1 heterocycles. The fourth-order valence-electron chi connectivity index (χ4n) is 3.47. The predicted octanol–water partition coefficient (Wildman–Crippen LogP) is 4.90. The van der Waals surface area contributed by atoms with E-state index in [1.54, 1.807) is 48.5 Å². The van der Waals surface area contributed by atoms with Gasteiger partial charge in [0.1, 0.15) is 11.5 Å². The Morgan fingerprint density at radius 2 is 1.68 bits per heavy atom. The summed E-state index contributed by atoms with van der Waals surface area (Å²) in [6, 6.07) is 20.4. The van der Waals surface area contributed by atoms with Crippen molar-refractivity contribution >= 4 is 27.3 Å². The average Bonchev–Trinajstić information content (AvgIpc) is 2.76. The lowest BCUT2D eigenvalue weighted by molar-refractivity contribution is 0.0523. The lowest BCUT2D eigenvalue weighted by atomic mass is 9.84. The van der Waals surface area contributed by atoms with Crippen molar-refractivity contribution in [1.29, 1.82) is 0 Å². The Balaban J connectivity index is 1.50. The Morgan fingerprint density at radius 3 is 2.39 bits per heavy atom. The van der Waals surface area contributed by atoms with E-state index in [2.05, 4.69) is 4.72 Å². The van der Waals surface area contributed by atoms with Crippen molar-refractivity contribution in [2.75, 3.05) is 17.9 Å². The van der Waals surface area contributed by atoms with E-state index in [4.69, 9.17) is 26.8 Å². The fourth-order valence-corrected chi connectivity index (χ4v) is 4.70. The van der Waals surface area contributed by atoms with Crippen LogP contribution in [0.2, 0.25) is 5.02 Å². The largest absolute Gasteiger partial charge is 0.456 e. The van der Waals surface area contributed by atoms with Crippen molar-refractivity contribution in [1.82, 2.24) is 0 Å². The number of hydrogen-bond acceptors (Lipinski definition) is 5. The SMILES string of the molecule is NC1(c2cccc(NS(=O)(=O)c3ccc(Oc4ccccc4Cl)cc3)c2)CCOCC1. The number of halogens is 1. The maximum absolute atomic E-state index is 12.9. The average molecular weight is 459 g/mol. The van der Waals surface area contributed by atoms with Crippen molar-refractivity contribution in [2.45, 2.75) is 23.3 Å². The minimum absolute atomic E-state index is 0.123. The third-order valence-electron chi connectivity index (χ3n) is 5.27. The first-order valence-corrected chi connectivity index (χ1v) is 11.7. The van der Waals surface area contributed by atoms with Crippen molar-refractivity contribution in [3.8, 4) is 11.5 Å². The van der Waals surface area contributed by atoms with E-state index in [1.807, 2.05) is 12.1 Å². The van der Waals surface area contributed by atoms with Crippen LogP contribution in [-0.2, 0) is 20.3 Å². The van der Waals surface area contributed by atoms with Crippen LogP contribution in [0.15, 0.2) is 77.7 Å². The first-order valence-electron chi connectivity index (χ1n) is 9.88. The van der Waals surface area contributed by atoms with Gasteiger partial charge in [-0.25, -0.2) is 8.42 Å². The molecule has 162 valence electrons. The van der Waals surface area contributed by atoms with Gasteiger partial charge in [-0.1, -0.05) is 35.9 Å². The van der Waals surface area contributed by atoms with Crippen LogP contribution in [0.1, 0.15) is 18.4 Å². The molecule has 0 bridgehead atoms. The summed E-state index contributed by atoms with van der Waals surface area (Å²) < 4.78 is 39.5. The molecule has 0 aromatic heterocycles. The van der Waals surface area contributed by atoms with Gasteiger partial charge in [-0.3, -0.25) is 4.72 Å². The molecule has 0 saturated carbocycles. The summed E-state index contributed by atoms with van der Waals surface area (Å²) in [5.74, 6) is 0.983. The third kappa shape index (κ3) is 5.02. The number of nitrogens with one attached hydrogen (secondary N) is 1. The molecule has 3 N–H and O–H groups in total. The zero-order valence-electron chi connectivity index (χ0n) is 16.8. The van der Waals surface area contributed by atoms with Gasteiger partial charge in [-0.15, -0.1) is 0 Å². The summed E-state index contributed by atoms with van der Waals surface area (Å²) in [6.45, 7) is 1.18. The Kier molecular flexibility index (Phi) is 6.20. The standard InChI is InChI=1S/C23H23ClN2O4S/c24-21-6-1-2-7-22(21)30-19-8-10-20(11-9-19)31(27,28)26-18-5-3-4-17(16-18)23(25)12-14-29-15-13-23/h1-11,16,26H,12-15,25H2. The Morgan fingerprint density at radius 1 is 0.968 bits per heavy atom. The van der Waals surface area contributed by atoms with Crippen LogP contribution >= 0.6 is 11.6 Å². The number of nitrogens with two attached hydrogens (primary N) is 1. The first-order chi connectivity index (χ1) is 14.9. The first kappa shape index (κ1) is 21.6. The highest BCUT2D eigenvalue weighted by atomic mass is 35.5. The second-order valence-corrected chi connectivity index (χ2v) is 9.55. The van der Waals surface area contributed by atoms with Gasteiger partial charge in [0.2, 0.25) is 0 Å².